The van der Waals surface area contributed by atoms with Crippen LogP contribution in [0.2, 0.25) is 22.7 Å². The normalized spacial score (nSPS) is 22.2. The first-order chi connectivity index (χ1) is 10.7. The molecule has 1 rings (SSSR count). The summed E-state index contributed by atoms with van der Waals surface area (Å²) in [4.78, 5) is 23.7. The second-order valence-electron chi connectivity index (χ2n) is 7.69. The standard InChI is InChI=1S/C18H34O4Si/c1-8-21-18(20)17(19)16-10-9-15(22-16)11-23(12(2)3,13(4)5)14(6)7/h12-16H,8-11H2,1-7H3/t15-,16-/m0/s1. The maximum Gasteiger partial charge on any atom is 0.377 e. The zero-order valence-corrected chi connectivity index (χ0v) is 16.8. The van der Waals surface area contributed by atoms with Gasteiger partial charge in [-0.05, 0) is 25.8 Å². The lowest BCUT2D eigenvalue weighted by Crippen LogP contribution is -2.47. The number of esters is 1. The van der Waals surface area contributed by atoms with E-state index in [-0.39, 0.29) is 12.7 Å². The Morgan fingerprint density at radius 2 is 1.57 bits per heavy atom. The number of carbonyl (C=O) groups excluding carboxylic acids is 2. The highest BCUT2D eigenvalue weighted by atomic mass is 28.3. The summed E-state index contributed by atoms with van der Waals surface area (Å²) in [6.07, 6.45) is 1.02. The van der Waals surface area contributed by atoms with Crippen LogP contribution in [-0.2, 0) is 19.1 Å². The first kappa shape index (κ1) is 20.4. The third-order valence-corrected chi connectivity index (χ3v) is 13.3. The third kappa shape index (κ3) is 4.44. The van der Waals surface area contributed by atoms with Crippen molar-refractivity contribution in [3.8, 4) is 0 Å². The molecule has 134 valence electrons. The van der Waals surface area contributed by atoms with Gasteiger partial charge in [-0.15, -0.1) is 0 Å². The van der Waals surface area contributed by atoms with Crippen molar-refractivity contribution in [2.75, 3.05) is 6.61 Å². The van der Waals surface area contributed by atoms with Crippen LogP contribution < -0.4 is 0 Å². The lowest BCUT2D eigenvalue weighted by molar-refractivity contribution is -0.158. The number of Topliss-reactive ketones (excluding diaryl/α,β-unsaturated/α-hetero) is 1. The van der Waals surface area contributed by atoms with Gasteiger partial charge in [0.2, 0.25) is 0 Å². The van der Waals surface area contributed by atoms with E-state index in [9.17, 15) is 9.59 Å². The van der Waals surface area contributed by atoms with Crippen LogP contribution in [0, 0.1) is 0 Å². The largest absolute Gasteiger partial charge is 0.460 e. The van der Waals surface area contributed by atoms with Gasteiger partial charge in [-0.25, -0.2) is 4.79 Å². The Morgan fingerprint density at radius 3 is 2.00 bits per heavy atom. The summed E-state index contributed by atoms with van der Waals surface area (Å²) in [5, 5.41) is 0. The SMILES string of the molecule is CCOC(=O)C(=O)[C@@H]1CC[C@@H](C[Si](C(C)C)(C(C)C)C(C)C)O1. The molecule has 2 atom stereocenters. The molecule has 0 N–H and O–H groups in total. The molecule has 0 amide bonds. The van der Waals surface area contributed by atoms with E-state index in [0.29, 0.717) is 23.0 Å². The minimum absolute atomic E-state index is 0.109. The Hall–Kier alpha value is -0.683. The lowest BCUT2D eigenvalue weighted by Gasteiger charge is -2.44. The van der Waals surface area contributed by atoms with E-state index < -0.39 is 25.9 Å². The monoisotopic (exact) mass is 342 g/mol. The average molecular weight is 343 g/mol. The molecule has 0 aromatic heterocycles. The first-order valence-corrected chi connectivity index (χ1v) is 11.5. The summed E-state index contributed by atoms with van der Waals surface area (Å²) in [6.45, 7) is 15.9. The molecule has 0 saturated carbocycles. The van der Waals surface area contributed by atoms with Gasteiger partial charge in [0.1, 0.15) is 6.10 Å². The van der Waals surface area contributed by atoms with E-state index in [4.69, 9.17) is 9.47 Å². The molecule has 0 unspecified atom stereocenters. The van der Waals surface area contributed by atoms with Gasteiger partial charge in [-0.1, -0.05) is 58.2 Å². The molecule has 0 radical (unpaired) electrons. The van der Waals surface area contributed by atoms with Crippen molar-refractivity contribution < 1.29 is 19.1 Å². The molecule has 1 aliphatic rings. The molecule has 1 heterocycles. The van der Waals surface area contributed by atoms with Crippen LogP contribution in [0.5, 0.6) is 0 Å². The minimum atomic E-state index is -1.55. The van der Waals surface area contributed by atoms with E-state index in [0.717, 1.165) is 12.5 Å². The third-order valence-electron chi connectivity index (χ3n) is 5.68. The summed E-state index contributed by atoms with van der Waals surface area (Å²) in [7, 11) is -1.55. The topological polar surface area (TPSA) is 52.6 Å². The Kier molecular flexibility index (Phi) is 7.46. The van der Waals surface area contributed by atoms with Crippen molar-refractivity contribution in [2.24, 2.45) is 0 Å². The highest BCUT2D eigenvalue weighted by Gasteiger charge is 2.46. The fourth-order valence-electron chi connectivity index (χ4n) is 4.48. The van der Waals surface area contributed by atoms with Crippen LogP contribution in [0.15, 0.2) is 0 Å². The quantitative estimate of drug-likeness (QED) is 0.374. The van der Waals surface area contributed by atoms with Crippen molar-refractivity contribution in [2.45, 2.75) is 96.2 Å². The van der Waals surface area contributed by atoms with E-state index in [1.165, 1.54) is 0 Å². The Labute approximate surface area is 142 Å². The number of rotatable bonds is 8. The van der Waals surface area contributed by atoms with Crippen LogP contribution in [-0.4, -0.2) is 38.6 Å². The number of hydrogen-bond acceptors (Lipinski definition) is 4. The van der Waals surface area contributed by atoms with Gasteiger partial charge in [-0.3, -0.25) is 4.79 Å². The summed E-state index contributed by atoms with van der Waals surface area (Å²) in [5.41, 5.74) is 2.02. The predicted molar refractivity (Wildman–Crippen MR) is 95.4 cm³/mol. The van der Waals surface area contributed by atoms with Gasteiger partial charge in [0, 0.05) is 0 Å². The van der Waals surface area contributed by atoms with E-state index >= 15 is 0 Å². The van der Waals surface area contributed by atoms with E-state index in [1.807, 2.05) is 0 Å². The summed E-state index contributed by atoms with van der Waals surface area (Å²) in [5.74, 6) is -1.27. The van der Waals surface area contributed by atoms with E-state index in [2.05, 4.69) is 41.5 Å². The summed E-state index contributed by atoms with van der Waals surface area (Å²) < 4.78 is 10.8. The molecular formula is C18H34O4Si. The fourth-order valence-corrected chi connectivity index (χ4v) is 11.0. The molecule has 4 nitrogen and oxygen atoms in total. The Bertz CT molecular complexity index is 395. The number of carbonyl (C=O) groups is 2. The highest BCUT2D eigenvalue weighted by Crippen LogP contribution is 2.46. The molecule has 0 aromatic rings. The molecule has 0 aromatic carbocycles. The zero-order valence-electron chi connectivity index (χ0n) is 15.8. The van der Waals surface area contributed by atoms with Crippen molar-refractivity contribution >= 4 is 19.8 Å². The van der Waals surface area contributed by atoms with Crippen LogP contribution in [0.1, 0.15) is 61.3 Å². The molecule has 1 saturated heterocycles. The number of ketones is 1. The smallest absolute Gasteiger partial charge is 0.377 e. The van der Waals surface area contributed by atoms with Crippen LogP contribution in [0.25, 0.3) is 0 Å². The van der Waals surface area contributed by atoms with Crippen molar-refractivity contribution in [1.82, 2.24) is 0 Å². The molecule has 0 spiro atoms. The van der Waals surface area contributed by atoms with Gasteiger partial charge in [0.05, 0.1) is 20.8 Å². The second-order valence-corrected chi connectivity index (χ2v) is 13.8. The maximum absolute atomic E-state index is 12.1. The summed E-state index contributed by atoms with van der Waals surface area (Å²) >= 11 is 0. The molecule has 0 aliphatic carbocycles. The lowest BCUT2D eigenvalue weighted by atomic mass is 10.1. The molecule has 23 heavy (non-hydrogen) atoms. The van der Waals surface area contributed by atoms with E-state index in [1.54, 1.807) is 6.92 Å². The molecule has 1 fully saturated rings. The fraction of sp³-hybridized carbons (Fsp3) is 0.889. The van der Waals surface area contributed by atoms with Gasteiger partial charge in [0.15, 0.2) is 0 Å². The minimum Gasteiger partial charge on any atom is -0.460 e. The van der Waals surface area contributed by atoms with Crippen molar-refractivity contribution in [3.05, 3.63) is 0 Å². The molecular weight excluding hydrogens is 308 g/mol. The maximum atomic E-state index is 12.1. The zero-order chi connectivity index (χ0) is 17.8. The van der Waals surface area contributed by atoms with Crippen molar-refractivity contribution in [3.63, 3.8) is 0 Å². The van der Waals surface area contributed by atoms with Crippen LogP contribution >= 0.6 is 0 Å². The first-order valence-electron chi connectivity index (χ1n) is 9.03. The second kappa shape index (κ2) is 8.43. The van der Waals surface area contributed by atoms with Crippen LogP contribution in [0.4, 0.5) is 0 Å². The Morgan fingerprint density at radius 1 is 1.04 bits per heavy atom. The predicted octanol–water partition coefficient (Wildman–Crippen LogP) is 4.35. The van der Waals surface area contributed by atoms with Gasteiger partial charge in [0.25, 0.3) is 5.78 Å². The Balaban J connectivity index is 2.78. The number of hydrogen-bond donors (Lipinski definition) is 0. The highest BCUT2D eigenvalue weighted by molar-refractivity contribution is 6.83. The summed E-state index contributed by atoms with van der Waals surface area (Å²) in [6, 6.07) is 1.08. The van der Waals surface area contributed by atoms with Crippen LogP contribution in [0.3, 0.4) is 0 Å². The van der Waals surface area contributed by atoms with Gasteiger partial charge < -0.3 is 9.47 Å². The van der Waals surface area contributed by atoms with Gasteiger partial charge >= 0.3 is 5.97 Å². The molecule has 0 bridgehead atoms. The van der Waals surface area contributed by atoms with Gasteiger partial charge in [-0.2, -0.15) is 0 Å². The number of ether oxygens (including phenoxy) is 2. The molecule has 5 heteroatoms. The molecule has 1 aliphatic heterocycles. The average Bonchev–Trinajstić information content (AvgIpc) is 2.91. The van der Waals surface area contributed by atoms with Crippen molar-refractivity contribution in [1.29, 1.82) is 0 Å².